The van der Waals surface area contributed by atoms with Crippen molar-refractivity contribution in [2.24, 2.45) is 23.2 Å². The van der Waals surface area contributed by atoms with Gasteiger partial charge in [-0.25, -0.2) is 0 Å². The molecule has 6 atom stereocenters. The lowest BCUT2D eigenvalue weighted by molar-refractivity contribution is 0.0614. The van der Waals surface area contributed by atoms with Crippen LogP contribution in [-0.2, 0) is 8.85 Å². The highest BCUT2D eigenvalue weighted by Gasteiger charge is 2.50. The first-order valence-corrected chi connectivity index (χ1v) is 23.3. The van der Waals surface area contributed by atoms with Crippen molar-refractivity contribution < 1.29 is 14.0 Å². The van der Waals surface area contributed by atoms with Crippen LogP contribution in [0, 0.1) is 35.0 Å². The maximum absolute atomic E-state index is 10.2. The fourth-order valence-corrected chi connectivity index (χ4v) is 10.1. The molecule has 43 heavy (non-hydrogen) atoms. The van der Waals surface area contributed by atoms with Gasteiger partial charge >= 0.3 is 0 Å². The number of rotatable bonds is 9. The molecule has 3 nitrogen and oxygen atoms in total. The van der Waals surface area contributed by atoms with Gasteiger partial charge < -0.3 is 14.0 Å². The highest BCUT2D eigenvalue weighted by atomic mass is 28.4. The third-order valence-electron chi connectivity index (χ3n) is 12.2. The van der Waals surface area contributed by atoms with Crippen LogP contribution in [-0.4, -0.2) is 39.6 Å². The second kappa shape index (κ2) is 13.2. The van der Waals surface area contributed by atoms with Crippen LogP contribution in [0.25, 0.3) is 0 Å². The molecule has 1 fully saturated rings. The molecule has 0 unspecified atom stereocenters. The van der Waals surface area contributed by atoms with Crippen molar-refractivity contribution >= 4 is 16.6 Å². The van der Waals surface area contributed by atoms with Crippen LogP contribution in [0.1, 0.15) is 127 Å². The topological polar surface area (TPSA) is 38.7 Å². The van der Waals surface area contributed by atoms with Gasteiger partial charge in [-0.05, 0) is 111 Å². The van der Waals surface area contributed by atoms with E-state index < -0.39 is 22.2 Å². The van der Waals surface area contributed by atoms with Gasteiger partial charge in [-0.2, -0.15) is 0 Å². The molecular formula is C38H68O3Si2. The van der Waals surface area contributed by atoms with Crippen molar-refractivity contribution in [2.75, 3.05) is 0 Å². The van der Waals surface area contributed by atoms with Crippen molar-refractivity contribution in [3.8, 4) is 11.8 Å². The fourth-order valence-electron chi connectivity index (χ4n) is 7.46. The van der Waals surface area contributed by atoms with Crippen molar-refractivity contribution in [1.29, 1.82) is 0 Å². The van der Waals surface area contributed by atoms with E-state index in [1.165, 1.54) is 36.8 Å². The summed E-state index contributed by atoms with van der Waals surface area (Å²) in [5.41, 5.74) is 2.36. The predicted molar refractivity (Wildman–Crippen MR) is 190 cm³/mol. The quantitative estimate of drug-likeness (QED) is 0.204. The molecule has 0 radical (unpaired) electrons. The minimum absolute atomic E-state index is 0.0694. The summed E-state index contributed by atoms with van der Waals surface area (Å²) < 4.78 is 14.0. The highest BCUT2D eigenvalue weighted by Crippen LogP contribution is 2.58. The number of aliphatic hydroxyl groups is 1. The monoisotopic (exact) mass is 628 g/mol. The summed E-state index contributed by atoms with van der Waals surface area (Å²) in [6.45, 7) is 32.3. The van der Waals surface area contributed by atoms with E-state index >= 15 is 0 Å². The molecule has 0 aromatic carbocycles. The maximum Gasteiger partial charge on any atom is 0.192 e. The standard InChI is InChI=1S/C38H68O3Si2/c1-28(17-15-23-37(8,9)39)33-21-22-34-30(18-16-24-38(33,34)10)20-19-29-25-31(40-42(11,12)35(2,3)4)27-32(26-29)41-43(13,14)36(5,6)7/h18,25,28,31-34,39H,15-17,21-24,26-27H2,1-14H3/t28-,31-,32-,33-,34+,38-/m1/s1. The summed E-state index contributed by atoms with van der Waals surface area (Å²) in [4.78, 5) is 0. The highest BCUT2D eigenvalue weighted by molar-refractivity contribution is 6.74. The minimum Gasteiger partial charge on any atom is -0.413 e. The first-order chi connectivity index (χ1) is 19.5. The third kappa shape index (κ3) is 9.22. The number of hydrogen-bond donors (Lipinski definition) is 1. The molecule has 0 aliphatic heterocycles. The van der Waals surface area contributed by atoms with Gasteiger partial charge in [-0.15, -0.1) is 0 Å². The number of hydrogen-bond acceptors (Lipinski definition) is 3. The van der Waals surface area contributed by atoms with Gasteiger partial charge in [-0.3, -0.25) is 0 Å². The SMILES string of the molecule is C[C@H](CCCC(C)(C)O)[C@H]1CC[C@H]2C(C#CC3=C[C@@H](O[Si](C)(C)C(C)(C)C)C[C@H](O[Si](C)(C)C(C)(C)C)C3)=CCC[C@]12C. The molecule has 0 spiro atoms. The average Bonchev–Trinajstić information content (AvgIpc) is 3.17. The predicted octanol–water partition coefficient (Wildman–Crippen LogP) is 10.8. The maximum atomic E-state index is 10.2. The molecule has 3 aliphatic rings. The molecule has 0 amide bonds. The molecule has 0 bridgehead atoms. The Labute approximate surface area is 269 Å². The van der Waals surface area contributed by atoms with Crippen LogP contribution in [0.3, 0.4) is 0 Å². The molecule has 3 rings (SSSR count). The fraction of sp³-hybridized carbons (Fsp3) is 0.842. The summed E-state index contributed by atoms with van der Waals surface area (Å²) in [6, 6.07) is 0. The molecule has 0 heterocycles. The first kappa shape index (κ1) is 36.8. The lowest BCUT2D eigenvalue weighted by atomic mass is 9.62. The Kier molecular flexibility index (Phi) is 11.3. The van der Waals surface area contributed by atoms with Gasteiger partial charge in [0.05, 0.1) is 17.8 Å². The summed E-state index contributed by atoms with van der Waals surface area (Å²) in [5.74, 6) is 9.46. The lowest BCUT2D eigenvalue weighted by Gasteiger charge is -2.43. The molecule has 1 N–H and O–H groups in total. The molecule has 5 heteroatoms. The molecular weight excluding hydrogens is 561 g/mol. The van der Waals surface area contributed by atoms with Gasteiger partial charge in [0.1, 0.15) is 0 Å². The molecule has 0 aromatic heterocycles. The van der Waals surface area contributed by atoms with Crippen molar-refractivity contribution in [3.05, 3.63) is 23.3 Å². The van der Waals surface area contributed by atoms with E-state index in [-0.39, 0.29) is 22.3 Å². The zero-order valence-corrected chi connectivity index (χ0v) is 32.7. The minimum atomic E-state index is -1.93. The van der Waals surface area contributed by atoms with E-state index in [4.69, 9.17) is 8.85 Å². The number of fused-ring (bicyclic) bond motifs is 1. The summed E-state index contributed by atoms with van der Waals surface area (Å²) >= 11 is 0. The summed E-state index contributed by atoms with van der Waals surface area (Å²) in [7, 11) is -3.84. The van der Waals surface area contributed by atoms with Crippen LogP contribution in [0.15, 0.2) is 23.3 Å². The first-order valence-electron chi connectivity index (χ1n) is 17.5. The van der Waals surface area contributed by atoms with Crippen molar-refractivity contribution in [1.82, 2.24) is 0 Å². The Hall–Kier alpha value is -0.646. The van der Waals surface area contributed by atoms with E-state index in [1.807, 2.05) is 13.8 Å². The van der Waals surface area contributed by atoms with Crippen LogP contribution in [0.4, 0.5) is 0 Å². The molecule has 0 saturated heterocycles. The van der Waals surface area contributed by atoms with Gasteiger partial charge in [-0.1, -0.05) is 86.1 Å². The summed E-state index contributed by atoms with van der Waals surface area (Å²) in [5, 5.41) is 10.6. The Balaban J connectivity index is 1.82. The number of allylic oxidation sites excluding steroid dienone is 2. The zero-order chi connectivity index (χ0) is 32.6. The molecule has 0 aromatic rings. The van der Waals surface area contributed by atoms with E-state index in [9.17, 15) is 5.11 Å². The van der Waals surface area contributed by atoms with E-state index in [2.05, 4.69) is 106 Å². The smallest absolute Gasteiger partial charge is 0.192 e. The molecule has 3 aliphatic carbocycles. The van der Waals surface area contributed by atoms with Crippen LogP contribution in [0.2, 0.25) is 36.3 Å². The van der Waals surface area contributed by atoms with Crippen LogP contribution < -0.4 is 0 Å². The van der Waals surface area contributed by atoms with Gasteiger partial charge in [0.25, 0.3) is 0 Å². The van der Waals surface area contributed by atoms with Crippen molar-refractivity contribution in [2.45, 2.75) is 181 Å². The van der Waals surface area contributed by atoms with Crippen LogP contribution >= 0.6 is 0 Å². The largest absolute Gasteiger partial charge is 0.413 e. The molecule has 1 saturated carbocycles. The zero-order valence-electron chi connectivity index (χ0n) is 30.7. The van der Waals surface area contributed by atoms with Gasteiger partial charge in [0.15, 0.2) is 16.6 Å². The van der Waals surface area contributed by atoms with E-state index in [1.54, 1.807) is 0 Å². The second-order valence-corrected chi connectivity index (χ2v) is 27.9. The second-order valence-electron chi connectivity index (χ2n) is 18.4. The van der Waals surface area contributed by atoms with Crippen molar-refractivity contribution in [3.63, 3.8) is 0 Å². The normalized spacial score (nSPS) is 29.7. The Morgan fingerprint density at radius 3 is 2.14 bits per heavy atom. The van der Waals surface area contributed by atoms with E-state index in [0.717, 1.165) is 38.0 Å². The van der Waals surface area contributed by atoms with Gasteiger partial charge in [0.2, 0.25) is 0 Å². The lowest BCUT2D eigenvalue weighted by Crippen LogP contribution is -2.48. The van der Waals surface area contributed by atoms with Gasteiger partial charge in [0, 0.05) is 24.0 Å². The Bertz CT molecular complexity index is 1090. The van der Waals surface area contributed by atoms with E-state index in [0.29, 0.717) is 17.3 Å². The Morgan fingerprint density at radius 1 is 0.953 bits per heavy atom. The average molecular weight is 629 g/mol. The molecule has 246 valence electrons. The van der Waals surface area contributed by atoms with Crippen LogP contribution in [0.5, 0.6) is 0 Å². The third-order valence-corrected chi connectivity index (χ3v) is 21.2. The Morgan fingerprint density at radius 2 is 1.56 bits per heavy atom. The summed E-state index contributed by atoms with van der Waals surface area (Å²) in [6.07, 6.45) is 15.0.